The van der Waals surface area contributed by atoms with E-state index in [1.807, 2.05) is 0 Å². The fraction of sp³-hybridized carbons (Fsp3) is 0. The SMILES string of the molecule is C=Cc1cc(OS(=O)(=O)O)cc2nc(-c3ccc(OS(=O)(=O)O)cc3F)oc12. The molecular weight excluding hydrogens is 421 g/mol. The minimum Gasteiger partial charge on any atom is -0.435 e. The van der Waals surface area contributed by atoms with Crippen LogP contribution in [0, 0.1) is 5.82 Å². The number of hydrogen-bond acceptors (Lipinski definition) is 8. The van der Waals surface area contributed by atoms with E-state index in [1.54, 1.807) is 0 Å². The van der Waals surface area contributed by atoms with Crippen molar-refractivity contribution >= 4 is 38.0 Å². The molecule has 0 amide bonds. The lowest BCUT2D eigenvalue weighted by atomic mass is 10.2. The molecule has 0 aliphatic carbocycles. The van der Waals surface area contributed by atoms with Gasteiger partial charge >= 0.3 is 20.8 Å². The van der Waals surface area contributed by atoms with E-state index in [-0.39, 0.29) is 33.9 Å². The summed E-state index contributed by atoms with van der Waals surface area (Å²) in [5, 5.41) is 0. The Morgan fingerprint density at radius 3 is 2.25 bits per heavy atom. The molecule has 3 aromatic rings. The first kappa shape index (κ1) is 19.8. The first-order valence-corrected chi connectivity index (χ1v) is 9.89. The summed E-state index contributed by atoms with van der Waals surface area (Å²) in [5.74, 6) is -1.95. The Morgan fingerprint density at radius 1 is 1.04 bits per heavy atom. The zero-order valence-electron chi connectivity index (χ0n) is 13.6. The number of oxazole rings is 1. The smallest absolute Gasteiger partial charge is 0.435 e. The van der Waals surface area contributed by atoms with Gasteiger partial charge in [-0.2, -0.15) is 16.8 Å². The fourth-order valence-electron chi connectivity index (χ4n) is 2.31. The van der Waals surface area contributed by atoms with E-state index in [4.69, 9.17) is 13.5 Å². The average Bonchev–Trinajstić information content (AvgIpc) is 2.94. The third-order valence-electron chi connectivity index (χ3n) is 3.29. The average molecular weight is 431 g/mol. The molecule has 0 spiro atoms. The number of hydrogen-bond donors (Lipinski definition) is 2. The Balaban J connectivity index is 2.08. The monoisotopic (exact) mass is 431 g/mol. The number of rotatable bonds is 6. The van der Waals surface area contributed by atoms with Gasteiger partial charge in [-0.1, -0.05) is 12.7 Å². The third kappa shape index (κ3) is 4.45. The van der Waals surface area contributed by atoms with Gasteiger partial charge in [-0.3, -0.25) is 9.11 Å². The molecule has 2 N–H and O–H groups in total. The highest BCUT2D eigenvalue weighted by Gasteiger charge is 2.18. The largest absolute Gasteiger partial charge is 0.446 e. The summed E-state index contributed by atoms with van der Waals surface area (Å²) in [6, 6.07) is 5.19. The second kappa shape index (κ2) is 6.87. The van der Waals surface area contributed by atoms with Gasteiger partial charge in [0, 0.05) is 17.7 Å². The molecule has 0 saturated carbocycles. The maximum Gasteiger partial charge on any atom is 0.446 e. The molecule has 10 nitrogen and oxygen atoms in total. The van der Waals surface area contributed by atoms with Crippen molar-refractivity contribution in [3.05, 3.63) is 48.3 Å². The number of nitrogens with zero attached hydrogens (tertiary/aromatic N) is 1. The Kier molecular flexibility index (Phi) is 4.84. The van der Waals surface area contributed by atoms with E-state index in [1.165, 1.54) is 12.1 Å². The maximum atomic E-state index is 14.3. The Labute approximate surface area is 157 Å². The number of fused-ring (bicyclic) bond motifs is 1. The van der Waals surface area contributed by atoms with Crippen LogP contribution in [-0.4, -0.2) is 30.9 Å². The van der Waals surface area contributed by atoms with Gasteiger partial charge in [-0.05, 0) is 18.2 Å². The molecule has 0 bridgehead atoms. The predicted octanol–water partition coefficient (Wildman–Crippen LogP) is 2.64. The third-order valence-corrected chi connectivity index (χ3v) is 4.09. The molecule has 0 fully saturated rings. The first-order chi connectivity index (χ1) is 12.9. The van der Waals surface area contributed by atoms with Crippen LogP contribution in [-0.2, 0) is 20.8 Å². The van der Waals surface area contributed by atoms with Crippen LogP contribution < -0.4 is 8.37 Å². The highest BCUT2D eigenvalue weighted by molar-refractivity contribution is 7.81. The zero-order chi connectivity index (χ0) is 20.7. The van der Waals surface area contributed by atoms with Crippen LogP contribution >= 0.6 is 0 Å². The summed E-state index contributed by atoms with van der Waals surface area (Å²) in [5.41, 5.74) is 0.279. The quantitative estimate of drug-likeness (QED) is 0.557. The van der Waals surface area contributed by atoms with E-state index in [2.05, 4.69) is 19.9 Å². The first-order valence-electron chi connectivity index (χ1n) is 7.16. The number of benzene rings is 2. The Hall–Kier alpha value is -3.00. The lowest BCUT2D eigenvalue weighted by Gasteiger charge is -2.03. The molecule has 0 saturated heterocycles. The predicted molar refractivity (Wildman–Crippen MR) is 93.8 cm³/mol. The molecule has 1 heterocycles. The van der Waals surface area contributed by atoms with Crippen molar-refractivity contribution in [2.75, 3.05) is 0 Å². The van der Waals surface area contributed by atoms with Gasteiger partial charge in [0.1, 0.15) is 22.8 Å². The molecule has 0 aliphatic heterocycles. The maximum absolute atomic E-state index is 14.3. The van der Waals surface area contributed by atoms with Gasteiger partial charge in [0.25, 0.3) is 0 Å². The molecule has 0 radical (unpaired) electrons. The van der Waals surface area contributed by atoms with Crippen LogP contribution in [0.15, 0.2) is 41.3 Å². The molecule has 0 atom stereocenters. The van der Waals surface area contributed by atoms with Crippen molar-refractivity contribution in [1.29, 1.82) is 0 Å². The van der Waals surface area contributed by atoms with Crippen LogP contribution in [0.5, 0.6) is 11.5 Å². The summed E-state index contributed by atoms with van der Waals surface area (Å²) in [7, 11) is -9.60. The topological polar surface area (TPSA) is 153 Å². The molecule has 0 unspecified atom stereocenters. The summed E-state index contributed by atoms with van der Waals surface area (Å²) < 4.78 is 88.9. The number of halogens is 1. The van der Waals surface area contributed by atoms with E-state index in [0.29, 0.717) is 6.07 Å². The highest BCUT2D eigenvalue weighted by atomic mass is 32.3. The molecule has 28 heavy (non-hydrogen) atoms. The standard InChI is InChI=1S/C15H10FNO9S2/c1-2-8-5-10(26-28(21,22)23)7-13-14(8)24-15(17-13)11-4-3-9(6-12(11)16)25-27(18,19)20/h2-7H,1H2,(H,18,19,20)(H,21,22,23). The van der Waals surface area contributed by atoms with Crippen molar-refractivity contribution < 1.29 is 43.1 Å². The van der Waals surface area contributed by atoms with Crippen molar-refractivity contribution in [3.63, 3.8) is 0 Å². The van der Waals surface area contributed by atoms with E-state index in [0.717, 1.165) is 18.2 Å². The van der Waals surface area contributed by atoms with Crippen molar-refractivity contribution in [3.8, 4) is 23.0 Å². The molecule has 2 aromatic carbocycles. The minimum atomic E-state index is -4.82. The highest BCUT2D eigenvalue weighted by Crippen LogP contribution is 2.33. The normalized spacial score (nSPS) is 12.1. The van der Waals surface area contributed by atoms with Gasteiger partial charge in [0.2, 0.25) is 5.89 Å². The minimum absolute atomic E-state index is 0.0729. The molecule has 0 aliphatic rings. The van der Waals surface area contributed by atoms with Crippen LogP contribution in [0.2, 0.25) is 0 Å². The van der Waals surface area contributed by atoms with Crippen molar-refractivity contribution in [1.82, 2.24) is 4.98 Å². The second-order valence-electron chi connectivity index (χ2n) is 5.25. The van der Waals surface area contributed by atoms with Gasteiger partial charge < -0.3 is 12.8 Å². The van der Waals surface area contributed by atoms with Crippen LogP contribution in [0.4, 0.5) is 4.39 Å². The van der Waals surface area contributed by atoms with Gasteiger partial charge in [-0.25, -0.2) is 9.37 Å². The molecule has 13 heteroatoms. The summed E-state index contributed by atoms with van der Waals surface area (Å²) in [6.07, 6.45) is 1.30. The van der Waals surface area contributed by atoms with Gasteiger partial charge in [0.05, 0.1) is 5.56 Å². The lowest BCUT2D eigenvalue weighted by molar-refractivity contribution is 0.384. The zero-order valence-corrected chi connectivity index (χ0v) is 15.2. The lowest BCUT2D eigenvalue weighted by Crippen LogP contribution is -2.06. The summed E-state index contributed by atoms with van der Waals surface area (Å²) >= 11 is 0. The number of aromatic nitrogens is 1. The fourth-order valence-corrected chi connectivity index (χ4v) is 3.00. The van der Waals surface area contributed by atoms with Crippen LogP contribution in [0.1, 0.15) is 5.56 Å². The Bertz CT molecular complexity index is 1300. The van der Waals surface area contributed by atoms with E-state index >= 15 is 0 Å². The summed E-state index contributed by atoms with van der Waals surface area (Å²) in [4.78, 5) is 4.03. The van der Waals surface area contributed by atoms with Gasteiger partial charge in [-0.15, -0.1) is 0 Å². The van der Waals surface area contributed by atoms with Crippen LogP contribution in [0.25, 0.3) is 28.6 Å². The molecule has 148 valence electrons. The van der Waals surface area contributed by atoms with Crippen LogP contribution in [0.3, 0.4) is 0 Å². The second-order valence-corrected chi connectivity index (χ2v) is 7.29. The molecule has 3 rings (SSSR count). The van der Waals surface area contributed by atoms with Crippen molar-refractivity contribution in [2.24, 2.45) is 0 Å². The molecular formula is C15H10FNO9S2. The van der Waals surface area contributed by atoms with E-state index < -0.39 is 32.4 Å². The molecule has 1 aromatic heterocycles. The van der Waals surface area contributed by atoms with Crippen molar-refractivity contribution in [2.45, 2.75) is 0 Å². The Morgan fingerprint density at radius 2 is 1.68 bits per heavy atom. The van der Waals surface area contributed by atoms with E-state index in [9.17, 15) is 21.2 Å². The van der Waals surface area contributed by atoms with Gasteiger partial charge in [0.15, 0.2) is 5.58 Å². The summed E-state index contributed by atoms with van der Waals surface area (Å²) in [6.45, 7) is 3.54.